The molecule has 1 aromatic carbocycles. The Kier molecular flexibility index (Phi) is 6.64. The van der Waals surface area contributed by atoms with Gasteiger partial charge in [-0.05, 0) is 31.0 Å². The van der Waals surface area contributed by atoms with Crippen LogP contribution in [0, 0.1) is 0 Å². The maximum Gasteiger partial charge on any atom is 0.235 e. The number of carbonyl (C=O) groups is 1. The molecule has 0 saturated heterocycles. The van der Waals surface area contributed by atoms with Gasteiger partial charge in [-0.15, -0.1) is 0 Å². The predicted octanol–water partition coefficient (Wildman–Crippen LogP) is 1.78. The van der Waals surface area contributed by atoms with Gasteiger partial charge in [-0.3, -0.25) is 4.79 Å². The second-order valence-electron chi connectivity index (χ2n) is 4.58. The van der Waals surface area contributed by atoms with Gasteiger partial charge in [-0.25, -0.2) is 13.1 Å². The lowest BCUT2D eigenvalue weighted by Crippen LogP contribution is -2.40. The summed E-state index contributed by atoms with van der Waals surface area (Å²) >= 11 is 3.29. The molecule has 0 bridgehead atoms. The van der Waals surface area contributed by atoms with Crippen molar-refractivity contribution < 1.29 is 13.2 Å². The maximum absolute atomic E-state index is 11.8. The van der Waals surface area contributed by atoms with Crippen molar-refractivity contribution in [2.45, 2.75) is 32.1 Å². The van der Waals surface area contributed by atoms with Gasteiger partial charge in [0.15, 0.2) is 0 Å². The third-order valence-corrected chi connectivity index (χ3v) is 4.57. The second kappa shape index (κ2) is 7.75. The van der Waals surface area contributed by atoms with E-state index < -0.39 is 10.0 Å². The molecule has 0 aliphatic rings. The summed E-state index contributed by atoms with van der Waals surface area (Å²) in [6.45, 7) is 3.58. The summed E-state index contributed by atoms with van der Waals surface area (Å²) in [4.78, 5) is 11.5. The Morgan fingerprint density at radius 2 is 1.90 bits per heavy atom. The van der Waals surface area contributed by atoms with Gasteiger partial charge in [0, 0.05) is 10.5 Å². The Balaban J connectivity index is 2.49. The number of hydrogen-bond donors (Lipinski definition) is 2. The lowest BCUT2D eigenvalue weighted by molar-refractivity contribution is -0.120. The highest BCUT2D eigenvalue weighted by Gasteiger charge is 2.14. The fourth-order valence-corrected chi connectivity index (χ4v) is 2.80. The van der Waals surface area contributed by atoms with Crippen molar-refractivity contribution in [1.29, 1.82) is 0 Å². The van der Waals surface area contributed by atoms with E-state index in [1.807, 2.05) is 13.8 Å². The third kappa shape index (κ3) is 6.49. The number of carbonyl (C=O) groups excluding carboxylic acids is 1. The number of benzene rings is 1. The number of rotatable bonds is 7. The standard InChI is InChI=1S/C13H19BrN2O3S/c1-3-10(2)16-13(17)8-15-20(18,19)9-11-4-6-12(14)7-5-11/h4-7,10,15H,3,8-9H2,1-2H3,(H,16,17). The van der Waals surface area contributed by atoms with Crippen LogP contribution in [0.1, 0.15) is 25.8 Å². The first-order chi connectivity index (χ1) is 9.32. The molecule has 0 aliphatic heterocycles. The van der Waals surface area contributed by atoms with E-state index in [0.29, 0.717) is 5.56 Å². The van der Waals surface area contributed by atoms with Crippen LogP contribution in [0.15, 0.2) is 28.7 Å². The largest absolute Gasteiger partial charge is 0.353 e. The molecule has 20 heavy (non-hydrogen) atoms. The Morgan fingerprint density at radius 1 is 1.30 bits per heavy atom. The van der Waals surface area contributed by atoms with E-state index in [4.69, 9.17) is 0 Å². The van der Waals surface area contributed by atoms with Gasteiger partial charge in [0.25, 0.3) is 0 Å². The van der Waals surface area contributed by atoms with E-state index >= 15 is 0 Å². The second-order valence-corrected chi connectivity index (χ2v) is 7.31. The summed E-state index contributed by atoms with van der Waals surface area (Å²) < 4.78 is 26.9. The molecule has 0 heterocycles. The van der Waals surface area contributed by atoms with E-state index in [2.05, 4.69) is 26.0 Å². The average Bonchev–Trinajstić information content (AvgIpc) is 2.39. The van der Waals surface area contributed by atoms with Crippen LogP contribution in [-0.4, -0.2) is 26.9 Å². The first kappa shape index (κ1) is 17.1. The van der Waals surface area contributed by atoms with Crippen LogP contribution in [0.4, 0.5) is 0 Å². The van der Waals surface area contributed by atoms with Gasteiger partial charge in [-0.1, -0.05) is 35.0 Å². The van der Waals surface area contributed by atoms with Crippen molar-refractivity contribution in [3.63, 3.8) is 0 Å². The minimum atomic E-state index is -3.51. The van der Waals surface area contributed by atoms with Crippen molar-refractivity contribution in [1.82, 2.24) is 10.0 Å². The highest BCUT2D eigenvalue weighted by molar-refractivity contribution is 9.10. The zero-order valence-corrected chi connectivity index (χ0v) is 13.9. The van der Waals surface area contributed by atoms with Crippen LogP contribution in [0.3, 0.4) is 0 Å². The molecule has 2 N–H and O–H groups in total. The Bertz CT molecular complexity index is 543. The van der Waals surface area contributed by atoms with Crippen LogP contribution in [0.2, 0.25) is 0 Å². The molecule has 7 heteroatoms. The number of hydrogen-bond acceptors (Lipinski definition) is 3. The van der Waals surface area contributed by atoms with Gasteiger partial charge in [-0.2, -0.15) is 0 Å². The molecular formula is C13H19BrN2O3S. The van der Waals surface area contributed by atoms with Crippen LogP contribution < -0.4 is 10.0 Å². The Labute approximate surface area is 128 Å². The molecule has 0 spiro atoms. The number of halogens is 1. The van der Waals surface area contributed by atoms with Crippen molar-refractivity contribution in [3.8, 4) is 0 Å². The monoisotopic (exact) mass is 362 g/mol. The fraction of sp³-hybridized carbons (Fsp3) is 0.462. The maximum atomic E-state index is 11.8. The molecule has 0 radical (unpaired) electrons. The number of sulfonamides is 1. The summed E-state index contributed by atoms with van der Waals surface area (Å²) in [7, 11) is -3.51. The zero-order chi connectivity index (χ0) is 15.2. The van der Waals surface area contributed by atoms with Crippen molar-refractivity contribution >= 4 is 31.9 Å². The molecule has 1 atom stereocenters. The number of amides is 1. The number of nitrogens with one attached hydrogen (secondary N) is 2. The van der Waals surface area contributed by atoms with E-state index in [0.717, 1.165) is 10.9 Å². The normalized spacial score (nSPS) is 12.9. The SMILES string of the molecule is CCC(C)NC(=O)CNS(=O)(=O)Cc1ccc(Br)cc1. The van der Waals surface area contributed by atoms with Crippen LogP contribution >= 0.6 is 15.9 Å². The molecule has 0 fully saturated rings. The summed E-state index contributed by atoms with van der Waals surface area (Å²) in [5.41, 5.74) is 0.669. The van der Waals surface area contributed by atoms with Gasteiger partial charge >= 0.3 is 0 Å². The van der Waals surface area contributed by atoms with Crippen molar-refractivity contribution in [2.24, 2.45) is 0 Å². The predicted molar refractivity (Wildman–Crippen MR) is 82.7 cm³/mol. The van der Waals surface area contributed by atoms with Gasteiger partial charge in [0.05, 0.1) is 12.3 Å². The average molecular weight is 363 g/mol. The topological polar surface area (TPSA) is 75.3 Å². The van der Waals surface area contributed by atoms with E-state index in [1.165, 1.54) is 0 Å². The Morgan fingerprint density at radius 3 is 2.45 bits per heavy atom. The molecule has 1 aromatic rings. The molecular weight excluding hydrogens is 344 g/mol. The quantitative estimate of drug-likeness (QED) is 0.776. The molecule has 1 unspecified atom stereocenters. The van der Waals surface area contributed by atoms with Gasteiger partial charge in [0.2, 0.25) is 15.9 Å². The first-order valence-corrected chi connectivity index (χ1v) is 8.78. The molecule has 112 valence electrons. The third-order valence-electron chi connectivity index (χ3n) is 2.74. The van der Waals surface area contributed by atoms with E-state index in [9.17, 15) is 13.2 Å². The van der Waals surface area contributed by atoms with E-state index in [1.54, 1.807) is 24.3 Å². The molecule has 1 rings (SSSR count). The minimum absolute atomic E-state index is 0.0403. The van der Waals surface area contributed by atoms with Crippen LogP contribution in [-0.2, 0) is 20.6 Å². The van der Waals surface area contributed by atoms with Crippen molar-refractivity contribution in [3.05, 3.63) is 34.3 Å². The van der Waals surface area contributed by atoms with E-state index in [-0.39, 0.29) is 24.2 Å². The zero-order valence-electron chi connectivity index (χ0n) is 11.5. The minimum Gasteiger partial charge on any atom is -0.353 e. The summed E-state index contributed by atoms with van der Waals surface area (Å²) in [6.07, 6.45) is 0.803. The lowest BCUT2D eigenvalue weighted by Gasteiger charge is -2.12. The molecule has 0 saturated carbocycles. The molecule has 0 aromatic heterocycles. The summed E-state index contributed by atoms with van der Waals surface area (Å²) in [5, 5.41) is 2.70. The highest BCUT2D eigenvalue weighted by Crippen LogP contribution is 2.12. The molecule has 1 amide bonds. The van der Waals surface area contributed by atoms with Crippen molar-refractivity contribution in [2.75, 3.05) is 6.54 Å². The molecule has 5 nitrogen and oxygen atoms in total. The van der Waals surface area contributed by atoms with Crippen LogP contribution in [0.5, 0.6) is 0 Å². The molecule has 0 aliphatic carbocycles. The van der Waals surface area contributed by atoms with Gasteiger partial charge < -0.3 is 5.32 Å². The summed E-state index contributed by atoms with van der Waals surface area (Å²) in [6, 6.07) is 7.05. The fourth-order valence-electron chi connectivity index (χ4n) is 1.45. The summed E-state index contributed by atoms with van der Waals surface area (Å²) in [5.74, 6) is -0.463. The van der Waals surface area contributed by atoms with Gasteiger partial charge in [0.1, 0.15) is 0 Å². The Hall–Kier alpha value is -0.920. The smallest absolute Gasteiger partial charge is 0.235 e. The highest BCUT2D eigenvalue weighted by atomic mass is 79.9. The van der Waals surface area contributed by atoms with Crippen LogP contribution in [0.25, 0.3) is 0 Å². The lowest BCUT2D eigenvalue weighted by atomic mass is 10.2. The first-order valence-electron chi connectivity index (χ1n) is 6.33.